The Hall–Kier alpha value is -0.290. The van der Waals surface area contributed by atoms with Crippen molar-refractivity contribution in [3.63, 3.8) is 0 Å². The van der Waals surface area contributed by atoms with Crippen LogP contribution in [0, 0.1) is 5.92 Å². The van der Waals surface area contributed by atoms with Crippen LogP contribution in [0.4, 0.5) is 0 Å². The van der Waals surface area contributed by atoms with Crippen molar-refractivity contribution in [2.75, 3.05) is 26.7 Å². The minimum atomic E-state index is 0. The first-order valence-corrected chi connectivity index (χ1v) is 7.27. The van der Waals surface area contributed by atoms with E-state index in [0.717, 1.165) is 29.9 Å². The van der Waals surface area contributed by atoms with Crippen LogP contribution in [0.2, 0.25) is 0 Å². The van der Waals surface area contributed by atoms with Gasteiger partial charge in [0.1, 0.15) is 5.75 Å². The summed E-state index contributed by atoms with van der Waals surface area (Å²) in [5.41, 5.74) is 7.09. The van der Waals surface area contributed by atoms with Gasteiger partial charge in [-0.25, -0.2) is 0 Å². The molecule has 1 heterocycles. The molecule has 1 aromatic rings. The van der Waals surface area contributed by atoms with Gasteiger partial charge in [-0.1, -0.05) is 6.07 Å². The molecule has 19 heavy (non-hydrogen) atoms. The molecule has 0 amide bonds. The predicted octanol–water partition coefficient (Wildman–Crippen LogP) is 3.05. The molecule has 2 rings (SSSR count). The van der Waals surface area contributed by atoms with Gasteiger partial charge in [0.25, 0.3) is 0 Å². The second-order valence-electron chi connectivity index (χ2n) is 4.95. The summed E-state index contributed by atoms with van der Waals surface area (Å²) in [6.45, 7) is 4.11. The molecule has 1 aromatic carbocycles. The fourth-order valence-electron chi connectivity index (χ4n) is 2.55. The van der Waals surface area contributed by atoms with Gasteiger partial charge in [0.15, 0.2) is 0 Å². The number of ether oxygens (including phenoxy) is 1. The van der Waals surface area contributed by atoms with E-state index in [1.807, 2.05) is 6.07 Å². The van der Waals surface area contributed by atoms with Crippen molar-refractivity contribution < 1.29 is 4.74 Å². The van der Waals surface area contributed by atoms with E-state index >= 15 is 0 Å². The number of rotatable bonds is 4. The van der Waals surface area contributed by atoms with Crippen LogP contribution < -0.4 is 10.5 Å². The summed E-state index contributed by atoms with van der Waals surface area (Å²) in [5.74, 6) is 1.55. The number of hydrogen-bond donors (Lipinski definition) is 1. The number of methoxy groups -OCH3 is 1. The maximum Gasteiger partial charge on any atom is 0.133 e. The lowest BCUT2D eigenvalue weighted by molar-refractivity contribution is 0.171. The molecule has 0 radical (unpaired) electrons. The van der Waals surface area contributed by atoms with Crippen LogP contribution in [-0.2, 0) is 6.54 Å². The van der Waals surface area contributed by atoms with Crippen molar-refractivity contribution in [1.29, 1.82) is 0 Å². The van der Waals surface area contributed by atoms with Crippen molar-refractivity contribution in [1.82, 2.24) is 4.90 Å². The van der Waals surface area contributed by atoms with Gasteiger partial charge in [-0.3, -0.25) is 4.90 Å². The number of likely N-dealkylation sites (tertiary alicyclic amines) is 1. The molecule has 1 aliphatic rings. The number of halogens is 2. The van der Waals surface area contributed by atoms with Gasteiger partial charge in [0, 0.05) is 13.1 Å². The molecule has 3 nitrogen and oxygen atoms in total. The van der Waals surface area contributed by atoms with Crippen molar-refractivity contribution >= 4 is 28.3 Å². The molecular weight excluding hydrogens is 328 g/mol. The number of hydrogen-bond acceptors (Lipinski definition) is 3. The molecule has 1 unspecified atom stereocenters. The quantitative estimate of drug-likeness (QED) is 0.908. The topological polar surface area (TPSA) is 38.5 Å². The van der Waals surface area contributed by atoms with Crippen molar-refractivity contribution in [3.05, 3.63) is 28.2 Å². The number of piperidine rings is 1. The molecule has 0 aliphatic carbocycles. The normalized spacial score (nSPS) is 19.8. The first-order valence-electron chi connectivity index (χ1n) is 6.47. The Bertz CT molecular complexity index is 403. The third-order valence-corrected chi connectivity index (χ3v) is 4.18. The van der Waals surface area contributed by atoms with Crippen molar-refractivity contribution in [3.8, 4) is 5.75 Å². The van der Waals surface area contributed by atoms with E-state index in [1.165, 1.54) is 24.9 Å². The fraction of sp³-hybridized carbons (Fsp3) is 0.571. The van der Waals surface area contributed by atoms with Crippen LogP contribution >= 0.6 is 28.3 Å². The zero-order chi connectivity index (χ0) is 13.0. The molecule has 1 fully saturated rings. The van der Waals surface area contributed by atoms with E-state index < -0.39 is 0 Å². The standard InChI is InChI=1S/C14H21BrN2O.ClH/c1-18-14-5-4-11(7-13(14)15)9-17-6-2-3-12(8-16)10-17;/h4-5,7,12H,2-3,6,8-10,16H2,1H3;1H. The number of nitrogens with two attached hydrogens (primary N) is 1. The summed E-state index contributed by atoms with van der Waals surface area (Å²) in [6.07, 6.45) is 2.54. The largest absolute Gasteiger partial charge is 0.496 e. The van der Waals surface area contributed by atoms with Crippen LogP contribution in [-0.4, -0.2) is 31.6 Å². The van der Waals surface area contributed by atoms with Crippen LogP contribution in [0.25, 0.3) is 0 Å². The summed E-state index contributed by atoms with van der Waals surface area (Å²) in [5, 5.41) is 0. The third-order valence-electron chi connectivity index (χ3n) is 3.56. The lowest BCUT2D eigenvalue weighted by atomic mass is 9.98. The lowest BCUT2D eigenvalue weighted by Gasteiger charge is -2.32. The Morgan fingerprint density at radius 2 is 2.26 bits per heavy atom. The lowest BCUT2D eigenvalue weighted by Crippen LogP contribution is -2.37. The number of benzene rings is 1. The Kier molecular flexibility index (Phi) is 7.15. The average molecular weight is 350 g/mol. The molecular formula is C14H22BrClN2O. The zero-order valence-electron chi connectivity index (χ0n) is 11.3. The minimum Gasteiger partial charge on any atom is -0.496 e. The fourth-order valence-corrected chi connectivity index (χ4v) is 3.14. The van der Waals surface area contributed by atoms with Gasteiger partial charge >= 0.3 is 0 Å². The highest BCUT2D eigenvalue weighted by atomic mass is 79.9. The van der Waals surface area contributed by atoms with Crippen LogP contribution in [0.15, 0.2) is 22.7 Å². The van der Waals surface area contributed by atoms with E-state index in [9.17, 15) is 0 Å². The Labute approximate surface area is 130 Å². The van der Waals surface area contributed by atoms with Crippen LogP contribution in [0.1, 0.15) is 18.4 Å². The van der Waals surface area contributed by atoms with Gasteiger partial charge in [0.05, 0.1) is 11.6 Å². The van der Waals surface area contributed by atoms with E-state index in [0.29, 0.717) is 5.92 Å². The highest BCUT2D eigenvalue weighted by Gasteiger charge is 2.18. The van der Waals surface area contributed by atoms with Crippen LogP contribution in [0.5, 0.6) is 5.75 Å². The third kappa shape index (κ3) is 4.63. The highest BCUT2D eigenvalue weighted by Crippen LogP contribution is 2.26. The monoisotopic (exact) mass is 348 g/mol. The minimum absolute atomic E-state index is 0. The van der Waals surface area contributed by atoms with Crippen molar-refractivity contribution in [2.45, 2.75) is 19.4 Å². The number of nitrogens with zero attached hydrogens (tertiary/aromatic N) is 1. The van der Waals surface area contributed by atoms with Gasteiger partial charge in [-0.15, -0.1) is 12.4 Å². The van der Waals surface area contributed by atoms with E-state index in [4.69, 9.17) is 10.5 Å². The first kappa shape index (κ1) is 16.8. The average Bonchev–Trinajstić information content (AvgIpc) is 2.39. The molecule has 0 spiro atoms. The SMILES string of the molecule is COc1ccc(CN2CCCC(CN)C2)cc1Br.Cl. The Balaban J connectivity index is 0.00000180. The molecule has 0 aromatic heterocycles. The van der Waals surface area contributed by atoms with Crippen molar-refractivity contribution in [2.24, 2.45) is 11.7 Å². The second-order valence-corrected chi connectivity index (χ2v) is 5.80. The molecule has 1 saturated heterocycles. The molecule has 0 bridgehead atoms. The van der Waals surface area contributed by atoms with Gasteiger partial charge in [0.2, 0.25) is 0 Å². The summed E-state index contributed by atoms with van der Waals surface area (Å²) >= 11 is 3.53. The van der Waals surface area contributed by atoms with Crippen LogP contribution in [0.3, 0.4) is 0 Å². The Morgan fingerprint density at radius 1 is 1.47 bits per heavy atom. The molecule has 1 aliphatic heterocycles. The smallest absolute Gasteiger partial charge is 0.133 e. The van der Waals surface area contributed by atoms with E-state index in [2.05, 4.69) is 33.0 Å². The van der Waals surface area contributed by atoms with Gasteiger partial charge < -0.3 is 10.5 Å². The van der Waals surface area contributed by atoms with E-state index in [1.54, 1.807) is 7.11 Å². The molecule has 108 valence electrons. The Morgan fingerprint density at radius 3 is 2.89 bits per heavy atom. The maximum absolute atomic E-state index is 5.77. The molecule has 2 N–H and O–H groups in total. The maximum atomic E-state index is 5.77. The first-order chi connectivity index (χ1) is 8.72. The van der Waals surface area contributed by atoms with Gasteiger partial charge in [-0.05, 0) is 65.5 Å². The second kappa shape index (κ2) is 8.10. The summed E-state index contributed by atoms with van der Waals surface area (Å²) in [7, 11) is 1.69. The predicted molar refractivity (Wildman–Crippen MR) is 85.0 cm³/mol. The summed E-state index contributed by atoms with van der Waals surface area (Å²) < 4.78 is 6.27. The summed E-state index contributed by atoms with van der Waals surface area (Å²) in [4.78, 5) is 2.50. The highest BCUT2D eigenvalue weighted by molar-refractivity contribution is 9.10. The van der Waals surface area contributed by atoms with E-state index in [-0.39, 0.29) is 12.4 Å². The molecule has 1 atom stereocenters. The van der Waals surface area contributed by atoms with Gasteiger partial charge in [-0.2, -0.15) is 0 Å². The summed E-state index contributed by atoms with van der Waals surface area (Å²) in [6, 6.07) is 6.30. The molecule has 5 heteroatoms. The zero-order valence-corrected chi connectivity index (χ0v) is 13.7. The molecule has 0 saturated carbocycles.